The zero-order chi connectivity index (χ0) is 11.9. The number of imidazole rings is 1. The van der Waals surface area contributed by atoms with Crippen molar-refractivity contribution in [2.24, 2.45) is 11.8 Å². The van der Waals surface area contributed by atoms with Crippen LogP contribution in [0, 0.1) is 18.8 Å². The highest BCUT2D eigenvalue weighted by atomic mass is 32.2. The van der Waals surface area contributed by atoms with E-state index in [1.807, 2.05) is 0 Å². The standard InChI is InChI=1S/C10H17N3O2S/c1-7-4-9(7)6-13(3)16(14,15)10-5-11-8(2)12-10/h5,7,9H,4,6H2,1-3H3,(H,11,12). The van der Waals surface area contributed by atoms with Crippen LogP contribution in [0.15, 0.2) is 11.2 Å². The first-order valence-corrected chi connectivity index (χ1v) is 6.83. The number of sulfonamides is 1. The van der Waals surface area contributed by atoms with Crippen molar-refractivity contribution in [1.29, 1.82) is 0 Å². The van der Waals surface area contributed by atoms with Crippen molar-refractivity contribution in [1.82, 2.24) is 14.3 Å². The minimum Gasteiger partial charge on any atom is -0.332 e. The van der Waals surface area contributed by atoms with Crippen LogP contribution in [-0.2, 0) is 10.0 Å². The Hall–Kier alpha value is -0.880. The molecule has 1 aliphatic carbocycles. The van der Waals surface area contributed by atoms with Crippen LogP contribution in [0.2, 0.25) is 0 Å². The Morgan fingerprint density at radius 3 is 2.69 bits per heavy atom. The third kappa shape index (κ3) is 2.12. The maximum Gasteiger partial charge on any atom is 0.259 e. The van der Waals surface area contributed by atoms with Gasteiger partial charge in [-0.3, -0.25) is 0 Å². The summed E-state index contributed by atoms with van der Waals surface area (Å²) in [6, 6.07) is 0. The second-order valence-corrected chi connectivity index (χ2v) is 6.60. The summed E-state index contributed by atoms with van der Waals surface area (Å²) in [5, 5.41) is 0.181. The van der Waals surface area contributed by atoms with Gasteiger partial charge in [-0.25, -0.2) is 13.4 Å². The Labute approximate surface area is 95.9 Å². The molecule has 0 aromatic carbocycles. The monoisotopic (exact) mass is 243 g/mol. The molecule has 1 N–H and O–H groups in total. The van der Waals surface area contributed by atoms with Gasteiger partial charge >= 0.3 is 0 Å². The molecule has 16 heavy (non-hydrogen) atoms. The van der Waals surface area contributed by atoms with Crippen molar-refractivity contribution >= 4 is 10.0 Å². The topological polar surface area (TPSA) is 66.1 Å². The number of nitrogens with zero attached hydrogens (tertiary/aromatic N) is 2. The Morgan fingerprint density at radius 2 is 2.25 bits per heavy atom. The van der Waals surface area contributed by atoms with E-state index in [1.165, 1.54) is 10.5 Å². The van der Waals surface area contributed by atoms with Gasteiger partial charge < -0.3 is 4.98 Å². The van der Waals surface area contributed by atoms with Crippen LogP contribution in [0.5, 0.6) is 0 Å². The highest BCUT2D eigenvalue weighted by Gasteiger charge is 2.36. The van der Waals surface area contributed by atoms with Crippen LogP contribution < -0.4 is 0 Å². The van der Waals surface area contributed by atoms with Gasteiger partial charge in [-0.15, -0.1) is 0 Å². The summed E-state index contributed by atoms with van der Waals surface area (Å²) in [6.07, 6.45) is 2.50. The van der Waals surface area contributed by atoms with E-state index in [9.17, 15) is 8.42 Å². The summed E-state index contributed by atoms with van der Waals surface area (Å²) in [7, 11) is -1.76. The summed E-state index contributed by atoms with van der Waals surface area (Å²) >= 11 is 0. The molecular formula is C10H17N3O2S. The van der Waals surface area contributed by atoms with Gasteiger partial charge in [-0.1, -0.05) is 6.92 Å². The van der Waals surface area contributed by atoms with Gasteiger partial charge in [0.1, 0.15) is 5.82 Å². The van der Waals surface area contributed by atoms with Gasteiger partial charge in [-0.05, 0) is 25.2 Å². The molecule has 1 aliphatic rings. The first-order valence-electron chi connectivity index (χ1n) is 5.39. The van der Waals surface area contributed by atoms with E-state index in [0.29, 0.717) is 24.2 Å². The third-order valence-electron chi connectivity index (χ3n) is 3.14. The van der Waals surface area contributed by atoms with E-state index in [0.717, 1.165) is 6.42 Å². The molecule has 2 atom stereocenters. The lowest BCUT2D eigenvalue weighted by Crippen LogP contribution is -2.29. The van der Waals surface area contributed by atoms with Crippen LogP contribution in [0.1, 0.15) is 19.2 Å². The quantitative estimate of drug-likeness (QED) is 0.857. The number of aromatic nitrogens is 2. The summed E-state index contributed by atoms with van der Waals surface area (Å²) in [4.78, 5) is 6.67. The molecule has 2 rings (SSSR count). The lowest BCUT2D eigenvalue weighted by molar-refractivity contribution is 0.442. The van der Waals surface area contributed by atoms with Gasteiger partial charge in [-0.2, -0.15) is 4.31 Å². The van der Waals surface area contributed by atoms with Crippen molar-refractivity contribution < 1.29 is 8.42 Å². The number of aryl methyl sites for hydroxylation is 1. The zero-order valence-corrected chi connectivity index (χ0v) is 10.6. The van der Waals surface area contributed by atoms with Crippen LogP contribution >= 0.6 is 0 Å². The Bertz CT molecular complexity index is 480. The maximum atomic E-state index is 12.1. The summed E-state index contributed by atoms with van der Waals surface area (Å²) in [5.41, 5.74) is 0. The largest absolute Gasteiger partial charge is 0.332 e. The fraction of sp³-hybridized carbons (Fsp3) is 0.700. The molecule has 1 saturated carbocycles. The number of H-pyrrole nitrogens is 1. The summed E-state index contributed by atoms with van der Waals surface area (Å²) < 4.78 is 25.6. The summed E-state index contributed by atoms with van der Waals surface area (Å²) in [5.74, 6) is 1.79. The van der Waals surface area contributed by atoms with Crippen molar-refractivity contribution in [3.05, 3.63) is 12.0 Å². The van der Waals surface area contributed by atoms with Gasteiger partial charge in [0, 0.05) is 13.6 Å². The highest BCUT2D eigenvalue weighted by Crippen LogP contribution is 2.38. The first kappa shape index (κ1) is 11.6. The molecule has 1 heterocycles. The SMILES string of the molecule is Cc1ncc(S(=O)(=O)N(C)CC2CC2C)[nH]1. The molecule has 0 spiro atoms. The molecule has 0 saturated heterocycles. The Balaban J connectivity index is 2.12. The van der Waals surface area contributed by atoms with Crippen molar-refractivity contribution in [2.45, 2.75) is 25.3 Å². The second-order valence-electron chi connectivity index (χ2n) is 4.59. The minimum absolute atomic E-state index is 0.181. The average molecular weight is 243 g/mol. The third-order valence-corrected chi connectivity index (χ3v) is 4.87. The number of nitrogens with one attached hydrogen (secondary N) is 1. The summed E-state index contributed by atoms with van der Waals surface area (Å²) in [6.45, 7) is 4.48. The van der Waals surface area contributed by atoms with Gasteiger partial charge in [0.2, 0.25) is 0 Å². The molecule has 1 aromatic rings. The first-order chi connectivity index (χ1) is 7.41. The fourth-order valence-corrected chi connectivity index (χ4v) is 2.97. The van der Waals surface area contributed by atoms with Crippen LogP contribution in [-0.4, -0.2) is 36.3 Å². The molecular weight excluding hydrogens is 226 g/mol. The fourth-order valence-electron chi connectivity index (χ4n) is 1.78. The number of hydrogen-bond donors (Lipinski definition) is 1. The van der Waals surface area contributed by atoms with Gasteiger partial charge in [0.25, 0.3) is 10.0 Å². The smallest absolute Gasteiger partial charge is 0.259 e. The van der Waals surface area contributed by atoms with Crippen LogP contribution in [0.4, 0.5) is 0 Å². The molecule has 2 unspecified atom stereocenters. The predicted octanol–water partition coefficient (Wildman–Crippen LogP) is 0.995. The lowest BCUT2D eigenvalue weighted by Gasteiger charge is -2.15. The maximum absolute atomic E-state index is 12.1. The molecule has 1 fully saturated rings. The molecule has 1 aromatic heterocycles. The van der Waals surface area contributed by atoms with Gasteiger partial charge in [0.05, 0.1) is 6.20 Å². The van der Waals surface area contributed by atoms with Crippen LogP contribution in [0.3, 0.4) is 0 Å². The molecule has 0 aliphatic heterocycles. The Kier molecular flexibility index (Phi) is 2.79. The predicted molar refractivity (Wildman–Crippen MR) is 60.4 cm³/mol. The van der Waals surface area contributed by atoms with E-state index in [4.69, 9.17) is 0 Å². The van der Waals surface area contributed by atoms with E-state index >= 15 is 0 Å². The van der Waals surface area contributed by atoms with E-state index in [-0.39, 0.29) is 5.03 Å². The number of hydrogen-bond acceptors (Lipinski definition) is 3. The minimum atomic E-state index is -3.38. The van der Waals surface area contributed by atoms with E-state index in [2.05, 4.69) is 16.9 Å². The number of rotatable bonds is 4. The van der Waals surface area contributed by atoms with Gasteiger partial charge in [0.15, 0.2) is 5.03 Å². The molecule has 90 valence electrons. The van der Waals surface area contributed by atoms with Crippen molar-refractivity contribution in [3.63, 3.8) is 0 Å². The molecule has 0 bridgehead atoms. The molecule has 5 nitrogen and oxygen atoms in total. The normalized spacial score (nSPS) is 25.0. The number of aromatic amines is 1. The van der Waals surface area contributed by atoms with Crippen molar-refractivity contribution in [2.75, 3.05) is 13.6 Å². The second kappa shape index (κ2) is 3.85. The molecule has 6 heteroatoms. The van der Waals surface area contributed by atoms with Crippen LogP contribution in [0.25, 0.3) is 0 Å². The average Bonchev–Trinajstić information content (AvgIpc) is 2.72. The Morgan fingerprint density at radius 1 is 1.62 bits per heavy atom. The van der Waals surface area contributed by atoms with E-state index in [1.54, 1.807) is 14.0 Å². The lowest BCUT2D eigenvalue weighted by atomic mass is 10.3. The molecule has 0 radical (unpaired) electrons. The van der Waals surface area contributed by atoms with Crippen molar-refractivity contribution in [3.8, 4) is 0 Å². The highest BCUT2D eigenvalue weighted by molar-refractivity contribution is 7.89. The zero-order valence-electron chi connectivity index (χ0n) is 9.77. The van der Waals surface area contributed by atoms with E-state index < -0.39 is 10.0 Å². The molecule has 0 amide bonds.